The van der Waals surface area contributed by atoms with E-state index in [1.165, 1.54) is 0 Å². The van der Waals surface area contributed by atoms with E-state index in [-0.39, 0.29) is 18.6 Å². The van der Waals surface area contributed by atoms with Crippen LogP contribution in [0.5, 0.6) is 11.5 Å². The molecule has 0 amide bonds. The van der Waals surface area contributed by atoms with Gasteiger partial charge in [0.15, 0.2) is 6.23 Å². The molecule has 6 nitrogen and oxygen atoms in total. The summed E-state index contributed by atoms with van der Waals surface area (Å²) in [5.41, 5.74) is 3.91. The first-order chi connectivity index (χ1) is 13.0. The van der Waals surface area contributed by atoms with Crippen molar-refractivity contribution in [1.29, 1.82) is 5.26 Å². The molecule has 2 heterocycles. The quantitative estimate of drug-likeness (QED) is 0.839. The molecule has 0 bridgehead atoms. The number of ether oxygens (including phenoxy) is 2. The molecule has 2 aromatic rings. The number of esters is 1. The third kappa shape index (κ3) is 2.76. The first-order valence-corrected chi connectivity index (χ1v) is 8.97. The summed E-state index contributed by atoms with van der Waals surface area (Å²) in [7, 11) is 0. The number of anilines is 1. The average Bonchev–Trinajstić information content (AvgIpc) is 3.27. The SMILES string of the molecule is Cc1c(COC(=O)c2ccc(C#N)cc2)c(O)c(C)c2c1OC1CCCN21. The van der Waals surface area contributed by atoms with Crippen molar-refractivity contribution in [1.82, 2.24) is 0 Å². The zero-order valence-corrected chi connectivity index (χ0v) is 15.3. The third-order valence-corrected chi connectivity index (χ3v) is 5.34. The van der Waals surface area contributed by atoms with Crippen molar-refractivity contribution < 1.29 is 19.4 Å². The number of nitrogens with zero attached hydrogens (tertiary/aromatic N) is 2. The molecular formula is C21H20N2O4. The number of phenolic OH excluding ortho intramolecular Hbond substituents is 1. The Hall–Kier alpha value is -3.20. The number of phenols is 1. The largest absolute Gasteiger partial charge is 0.507 e. The first kappa shape index (κ1) is 17.2. The molecule has 1 N–H and O–H groups in total. The van der Waals surface area contributed by atoms with Gasteiger partial charge >= 0.3 is 5.97 Å². The number of hydrogen-bond donors (Lipinski definition) is 1. The fourth-order valence-electron chi connectivity index (χ4n) is 3.82. The molecule has 0 aromatic heterocycles. The van der Waals surface area contributed by atoms with Gasteiger partial charge in [-0.3, -0.25) is 0 Å². The number of fused-ring (bicyclic) bond motifs is 3. The van der Waals surface area contributed by atoms with E-state index in [0.29, 0.717) is 16.7 Å². The Morgan fingerprint density at radius 3 is 2.78 bits per heavy atom. The fourth-order valence-corrected chi connectivity index (χ4v) is 3.82. The molecule has 0 aliphatic carbocycles. The summed E-state index contributed by atoms with van der Waals surface area (Å²) >= 11 is 0. The Morgan fingerprint density at radius 1 is 1.33 bits per heavy atom. The molecule has 1 unspecified atom stereocenters. The highest BCUT2D eigenvalue weighted by Gasteiger charge is 2.38. The lowest BCUT2D eigenvalue weighted by Crippen LogP contribution is -2.27. The standard InChI is InChI=1S/C21H20N2O4/c1-12-16(11-26-21(25)15-7-5-14(10-22)6-8-15)19(24)13(2)18-20(12)27-17-4-3-9-23(17)18/h5-8,17,24H,3-4,9,11H2,1-2H3. The number of carbonyl (C=O) groups is 1. The second-order valence-electron chi connectivity index (χ2n) is 6.93. The molecule has 4 rings (SSSR count). The van der Waals surface area contributed by atoms with Crippen molar-refractivity contribution >= 4 is 11.7 Å². The normalized spacial score (nSPS) is 17.1. The maximum Gasteiger partial charge on any atom is 0.338 e. The summed E-state index contributed by atoms with van der Waals surface area (Å²) in [6, 6.07) is 8.26. The molecule has 0 radical (unpaired) electrons. The summed E-state index contributed by atoms with van der Waals surface area (Å²) in [5.74, 6) is 0.424. The van der Waals surface area contributed by atoms with E-state index in [4.69, 9.17) is 14.7 Å². The van der Waals surface area contributed by atoms with E-state index >= 15 is 0 Å². The number of carbonyl (C=O) groups excluding carboxylic acids is 1. The van der Waals surface area contributed by atoms with Gasteiger partial charge in [0.2, 0.25) is 0 Å². The molecule has 2 aliphatic rings. The van der Waals surface area contributed by atoms with Gasteiger partial charge in [-0.25, -0.2) is 4.79 Å². The minimum absolute atomic E-state index is 0.0354. The Balaban J connectivity index is 1.58. The lowest BCUT2D eigenvalue weighted by molar-refractivity contribution is 0.0469. The summed E-state index contributed by atoms with van der Waals surface area (Å²) < 4.78 is 11.5. The monoisotopic (exact) mass is 364 g/mol. The third-order valence-electron chi connectivity index (χ3n) is 5.34. The number of rotatable bonds is 3. The highest BCUT2D eigenvalue weighted by atomic mass is 16.5. The molecule has 6 heteroatoms. The van der Waals surface area contributed by atoms with Gasteiger partial charge in [-0.15, -0.1) is 0 Å². The average molecular weight is 364 g/mol. The molecule has 1 fully saturated rings. The van der Waals surface area contributed by atoms with Crippen LogP contribution in [-0.4, -0.2) is 23.8 Å². The number of nitriles is 1. The van der Waals surface area contributed by atoms with Gasteiger partial charge in [-0.05, 0) is 44.5 Å². The van der Waals surface area contributed by atoms with Crippen LogP contribution in [0.3, 0.4) is 0 Å². The number of aromatic hydroxyl groups is 1. The topological polar surface area (TPSA) is 82.8 Å². The van der Waals surface area contributed by atoms with Crippen LogP contribution in [0.25, 0.3) is 0 Å². The van der Waals surface area contributed by atoms with Crippen LogP contribution in [0.2, 0.25) is 0 Å². The van der Waals surface area contributed by atoms with Crippen molar-refractivity contribution in [3.63, 3.8) is 0 Å². The van der Waals surface area contributed by atoms with Gasteiger partial charge in [0.1, 0.15) is 18.1 Å². The summed E-state index contributed by atoms with van der Waals surface area (Å²) in [6.07, 6.45) is 2.08. The van der Waals surface area contributed by atoms with Crippen molar-refractivity contribution in [2.75, 3.05) is 11.4 Å². The Labute approximate surface area is 157 Å². The zero-order chi connectivity index (χ0) is 19.1. The smallest absolute Gasteiger partial charge is 0.338 e. The molecule has 2 aromatic carbocycles. The second-order valence-corrected chi connectivity index (χ2v) is 6.93. The second kappa shape index (κ2) is 6.51. The maximum absolute atomic E-state index is 12.3. The van der Waals surface area contributed by atoms with Crippen molar-refractivity contribution in [3.8, 4) is 17.6 Å². The van der Waals surface area contributed by atoms with Gasteiger partial charge < -0.3 is 19.5 Å². The van der Waals surface area contributed by atoms with Crippen molar-refractivity contribution in [3.05, 3.63) is 52.1 Å². The number of benzene rings is 2. The van der Waals surface area contributed by atoms with E-state index in [0.717, 1.165) is 42.0 Å². The maximum atomic E-state index is 12.3. The van der Waals surface area contributed by atoms with Crippen molar-refractivity contribution in [2.45, 2.75) is 39.5 Å². The molecule has 1 atom stereocenters. The van der Waals surface area contributed by atoms with Crippen LogP contribution in [0.15, 0.2) is 24.3 Å². The van der Waals surface area contributed by atoms with Gasteiger partial charge in [0.05, 0.1) is 22.9 Å². The molecule has 2 aliphatic heterocycles. The fraction of sp³-hybridized carbons (Fsp3) is 0.333. The van der Waals surface area contributed by atoms with Gasteiger partial charge in [-0.1, -0.05) is 0 Å². The van der Waals surface area contributed by atoms with E-state index in [2.05, 4.69) is 4.90 Å². The van der Waals surface area contributed by atoms with Gasteiger partial charge in [-0.2, -0.15) is 5.26 Å². The van der Waals surface area contributed by atoms with E-state index < -0.39 is 5.97 Å². The van der Waals surface area contributed by atoms with Crippen LogP contribution in [-0.2, 0) is 11.3 Å². The van der Waals surface area contributed by atoms with E-state index in [9.17, 15) is 9.90 Å². The van der Waals surface area contributed by atoms with Crippen LogP contribution in [0, 0.1) is 25.2 Å². The molecule has 0 spiro atoms. The Kier molecular flexibility index (Phi) is 4.15. The summed E-state index contributed by atoms with van der Waals surface area (Å²) in [5, 5.41) is 19.5. The highest BCUT2D eigenvalue weighted by molar-refractivity contribution is 5.89. The van der Waals surface area contributed by atoms with Crippen LogP contribution in [0.4, 0.5) is 5.69 Å². The minimum atomic E-state index is -0.502. The van der Waals surface area contributed by atoms with Gasteiger partial charge in [0.25, 0.3) is 0 Å². The lowest BCUT2D eigenvalue weighted by Gasteiger charge is -2.19. The first-order valence-electron chi connectivity index (χ1n) is 8.97. The summed E-state index contributed by atoms with van der Waals surface area (Å²) in [4.78, 5) is 14.5. The van der Waals surface area contributed by atoms with E-state index in [1.807, 2.05) is 19.9 Å². The van der Waals surface area contributed by atoms with Gasteiger partial charge in [0, 0.05) is 29.7 Å². The van der Waals surface area contributed by atoms with Crippen LogP contribution >= 0.6 is 0 Å². The molecule has 27 heavy (non-hydrogen) atoms. The molecule has 1 saturated heterocycles. The molecule has 0 saturated carbocycles. The Bertz CT molecular complexity index is 960. The zero-order valence-electron chi connectivity index (χ0n) is 15.3. The summed E-state index contributed by atoms with van der Waals surface area (Å²) in [6.45, 7) is 4.62. The lowest BCUT2D eigenvalue weighted by atomic mass is 10.0. The van der Waals surface area contributed by atoms with E-state index in [1.54, 1.807) is 24.3 Å². The predicted octanol–water partition coefficient (Wildman–Crippen LogP) is 3.56. The van der Waals surface area contributed by atoms with Crippen LogP contribution in [0.1, 0.15) is 45.5 Å². The molecular weight excluding hydrogens is 344 g/mol. The highest BCUT2D eigenvalue weighted by Crippen LogP contribution is 2.50. The Morgan fingerprint density at radius 2 is 2.07 bits per heavy atom. The number of hydrogen-bond acceptors (Lipinski definition) is 6. The van der Waals surface area contributed by atoms with Crippen LogP contribution < -0.4 is 9.64 Å². The predicted molar refractivity (Wildman–Crippen MR) is 98.9 cm³/mol. The minimum Gasteiger partial charge on any atom is -0.507 e. The van der Waals surface area contributed by atoms with Crippen molar-refractivity contribution in [2.24, 2.45) is 0 Å². The molecule has 138 valence electrons.